The highest BCUT2D eigenvalue weighted by molar-refractivity contribution is 6.06. The van der Waals surface area contributed by atoms with Gasteiger partial charge in [0.05, 0.1) is 23.8 Å². The Morgan fingerprint density at radius 3 is 2.38 bits per heavy atom. The minimum atomic E-state index is -0.196. The van der Waals surface area contributed by atoms with Crippen LogP contribution in [0, 0.1) is 13.8 Å². The average molecular weight is 343 g/mol. The maximum absolute atomic E-state index is 12.5. The van der Waals surface area contributed by atoms with Crippen LogP contribution in [0.5, 0.6) is 0 Å². The lowest BCUT2D eigenvalue weighted by atomic mass is 10.1. The van der Waals surface area contributed by atoms with Crippen LogP contribution in [0.4, 0.5) is 5.69 Å². The van der Waals surface area contributed by atoms with Crippen molar-refractivity contribution in [2.45, 2.75) is 13.8 Å². The van der Waals surface area contributed by atoms with Gasteiger partial charge in [-0.3, -0.25) is 4.79 Å². The molecule has 0 aliphatic heterocycles. The molecule has 4 rings (SSSR count). The number of hydrogen-bond donors (Lipinski definition) is 1. The second kappa shape index (κ2) is 6.40. The third-order valence-corrected chi connectivity index (χ3v) is 4.11. The van der Waals surface area contributed by atoms with E-state index >= 15 is 0 Å². The molecule has 1 amide bonds. The third kappa shape index (κ3) is 3.04. The van der Waals surface area contributed by atoms with Gasteiger partial charge >= 0.3 is 0 Å². The Labute approximate surface area is 150 Å². The number of nitrogens with one attached hydrogen (secondary N) is 1. The van der Waals surface area contributed by atoms with E-state index in [1.807, 2.05) is 62.4 Å². The molecule has 0 atom stereocenters. The summed E-state index contributed by atoms with van der Waals surface area (Å²) in [5, 5.41) is 9.30. The number of carbonyl (C=O) groups is 1. The van der Waals surface area contributed by atoms with E-state index in [9.17, 15) is 4.79 Å². The Bertz CT molecular complexity index is 1100. The molecule has 2 aromatic carbocycles. The van der Waals surface area contributed by atoms with Crippen molar-refractivity contribution in [1.82, 2.24) is 19.7 Å². The van der Waals surface area contributed by atoms with E-state index in [4.69, 9.17) is 0 Å². The Morgan fingerprint density at radius 1 is 0.962 bits per heavy atom. The van der Waals surface area contributed by atoms with E-state index in [-0.39, 0.29) is 5.91 Å². The molecule has 0 bridgehead atoms. The molecule has 0 saturated carbocycles. The van der Waals surface area contributed by atoms with Crippen molar-refractivity contribution in [3.05, 3.63) is 77.9 Å². The Morgan fingerprint density at radius 2 is 1.69 bits per heavy atom. The normalized spacial score (nSPS) is 10.8. The van der Waals surface area contributed by atoms with Gasteiger partial charge in [-0.05, 0) is 42.8 Å². The molecule has 2 aromatic heterocycles. The first-order chi connectivity index (χ1) is 12.6. The fourth-order valence-corrected chi connectivity index (χ4v) is 2.86. The summed E-state index contributed by atoms with van der Waals surface area (Å²) < 4.78 is 1.67. The average Bonchev–Trinajstić information content (AvgIpc) is 3.00. The molecule has 26 heavy (non-hydrogen) atoms. The van der Waals surface area contributed by atoms with Gasteiger partial charge in [0.15, 0.2) is 0 Å². The molecule has 2 heterocycles. The van der Waals surface area contributed by atoms with E-state index in [2.05, 4.69) is 20.4 Å². The molecule has 6 heteroatoms. The van der Waals surface area contributed by atoms with Crippen molar-refractivity contribution in [3.8, 4) is 5.95 Å². The lowest BCUT2D eigenvalue weighted by molar-refractivity contribution is 0.102. The maximum atomic E-state index is 12.5. The predicted molar refractivity (Wildman–Crippen MR) is 101 cm³/mol. The van der Waals surface area contributed by atoms with Crippen LogP contribution in [-0.4, -0.2) is 25.7 Å². The van der Waals surface area contributed by atoms with Crippen LogP contribution in [-0.2, 0) is 0 Å². The standard InChI is InChI=1S/C20H17N5O/c1-13-9-14(2)25(24-13)20-21-11-18(12-22-20)23-19(26)17-8-7-15-5-3-4-6-16(15)10-17/h3-12H,1-2H3,(H,23,26). The fraction of sp³-hybridized carbons (Fsp3) is 0.100. The highest BCUT2D eigenvalue weighted by Gasteiger charge is 2.10. The number of benzene rings is 2. The number of nitrogens with zero attached hydrogens (tertiary/aromatic N) is 4. The molecule has 1 N–H and O–H groups in total. The zero-order valence-electron chi connectivity index (χ0n) is 14.5. The van der Waals surface area contributed by atoms with Gasteiger partial charge < -0.3 is 5.32 Å². The molecule has 0 saturated heterocycles. The summed E-state index contributed by atoms with van der Waals surface area (Å²) >= 11 is 0. The van der Waals surface area contributed by atoms with Crippen LogP contribution in [0.2, 0.25) is 0 Å². The topological polar surface area (TPSA) is 72.7 Å². The van der Waals surface area contributed by atoms with Gasteiger partial charge in [0.2, 0.25) is 0 Å². The SMILES string of the molecule is Cc1cc(C)n(-c2ncc(NC(=O)c3ccc4ccccc4c3)cn2)n1. The van der Waals surface area contributed by atoms with E-state index in [1.165, 1.54) is 0 Å². The fourth-order valence-electron chi connectivity index (χ4n) is 2.86. The molecular formula is C20H17N5O. The molecule has 0 aliphatic rings. The molecule has 4 aromatic rings. The summed E-state index contributed by atoms with van der Waals surface area (Å²) in [4.78, 5) is 21.1. The Kier molecular flexibility index (Phi) is 3.93. The summed E-state index contributed by atoms with van der Waals surface area (Å²) in [6.07, 6.45) is 3.16. The van der Waals surface area contributed by atoms with Crippen molar-refractivity contribution < 1.29 is 4.79 Å². The van der Waals surface area contributed by atoms with Crippen LogP contribution in [0.25, 0.3) is 16.7 Å². The van der Waals surface area contributed by atoms with Crippen molar-refractivity contribution in [1.29, 1.82) is 0 Å². The molecule has 6 nitrogen and oxygen atoms in total. The zero-order chi connectivity index (χ0) is 18.1. The Balaban J connectivity index is 1.54. The summed E-state index contributed by atoms with van der Waals surface area (Å²) in [5.41, 5.74) is 2.98. The van der Waals surface area contributed by atoms with Crippen LogP contribution in [0.1, 0.15) is 21.7 Å². The number of carbonyl (C=O) groups excluding carboxylic acids is 1. The number of anilines is 1. The number of aryl methyl sites for hydroxylation is 2. The van der Waals surface area contributed by atoms with E-state index < -0.39 is 0 Å². The van der Waals surface area contributed by atoms with Crippen molar-refractivity contribution in [3.63, 3.8) is 0 Å². The smallest absolute Gasteiger partial charge is 0.255 e. The molecule has 0 spiro atoms. The lowest BCUT2D eigenvalue weighted by Crippen LogP contribution is -2.13. The van der Waals surface area contributed by atoms with Gasteiger partial charge in [0.25, 0.3) is 11.9 Å². The van der Waals surface area contributed by atoms with Gasteiger partial charge in [-0.2, -0.15) is 5.10 Å². The maximum Gasteiger partial charge on any atom is 0.255 e. The van der Waals surface area contributed by atoms with E-state index in [1.54, 1.807) is 17.1 Å². The van der Waals surface area contributed by atoms with Crippen LogP contribution >= 0.6 is 0 Å². The summed E-state index contributed by atoms with van der Waals surface area (Å²) in [7, 11) is 0. The molecule has 0 unspecified atom stereocenters. The van der Waals surface area contributed by atoms with Gasteiger partial charge in [-0.25, -0.2) is 14.6 Å². The minimum Gasteiger partial charge on any atom is -0.319 e. The zero-order valence-corrected chi connectivity index (χ0v) is 14.5. The van der Waals surface area contributed by atoms with E-state index in [0.29, 0.717) is 17.2 Å². The first-order valence-electron chi connectivity index (χ1n) is 8.26. The van der Waals surface area contributed by atoms with Gasteiger partial charge in [0.1, 0.15) is 0 Å². The second-order valence-corrected chi connectivity index (χ2v) is 6.13. The molecule has 0 aliphatic carbocycles. The number of fused-ring (bicyclic) bond motifs is 1. The summed E-state index contributed by atoms with van der Waals surface area (Å²) in [6.45, 7) is 3.86. The number of hydrogen-bond acceptors (Lipinski definition) is 4. The van der Waals surface area contributed by atoms with Gasteiger partial charge in [-0.15, -0.1) is 0 Å². The number of rotatable bonds is 3. The van der Waals surface area contributed by atoms with Crippen LogP contribution in [0.3, 0.4) is 0 Å². The predicted octanol–water partition coefficient (Wildman–Crippen LogP) is 3.68. The third-order valence-electron chi connectivity index (χ3n) is 4.11. The van der Waals surface area contributed by atoms with Crippen molar-refractivity contribution in [2.75, 3.05) is 5.32 Å². The highest BCUT2D eigenvalue weighted by atomic mass is 16.1. The van der Waals surface area contributed by atoms with Gasteiger partial charge in [0, 0.05) is 11.3 Å². The van der Waals surface area contributed by atoms with Crippen molar-refractivity contribution >= 4 is 22.4 Å². The summed E-state index contributed by atoms with van der Waals surface area (Å²) in [6, 6.07) is 15.5. The van der Waals surface area contributed by atoms with Crippen LogP contribution < -0.4 is 5.32 Å². The molecule has 128 valence electrons. The number of amides is 1. The van der Waals surface area contributed by atoms with Gasteiger partial charge in [-0.1, -0.05) is 30.3 Å². The molecular weight excluding hydrogens is 326 g/mol. The van der Waals surface area contributed by atoms with Crippen LogP contribution in [0.15, 0.2) is 60.9 Å². The van der Waals surface area contributed by atoms with E-state index in [0.717, 1.165) is 22.2 Å². The van der Waals surface area contributed by atoms with Crippen molar-refractivity contribution in [2.24, 2.45) is 0 Å². The molecule has 0 radical (unpaired) electrons. The summed E-state index contributed by atoms with van der Waals surface area (Å²) in [5.74, 6) is 0.275. The number of aromatic nitrogens is 4. The quantitative estimate of drug-likeness (QED) is 0.616. The minimum absolute atomic E-state index is 0.196. The lowest BCUT2D eigenvalue weighted by Gasteiger charge is -2.07. The first-order valence-corrected chi connectivity index (χ1v) is 8.26. The highest BCUT2D eigenvalue weighted by Crippen LogP contribution is 2.17. The Hall–Kier alpha value is -3.54. The first kappa shape index (κ1) is 16.0. The second-order valence-electron chi connectivity index (χ2n) is 6.13. The monoisotopic (exact) mass is 343 g/mol. The largest absolute Gasteiger partial charge is 0.319 e. The molecule has 0 fully saturated rings.